The van der Waals surface area contributed by atoms with Gasteiger partial charge in [0.25, 0.3) is 5.91 Å². The molecule has 2 N–H and O–H groups in total. The van der Waals surface area contributed by atoms with Crippen LogP contribution in [0.15, 0.2) is 6.07 Å². The molecule has 8 heteroatoms. The van der Waals surface area contributed by atoms with Crippen molar-refractivity contribution in [3.05, 3.63) is 16.7 Å². The van der Waals surface area contributed by atoms with Gasteiger partial charge in [-0.05, 0) is 19.7 Å². The second-order valence-corrected chi connectivity index (χ2v) is 6.36. The number of pyridine rings is 1. The number of methoxy groups -OCH3 is 1. The number of rotatable bonds is 5. The number of carbonyl (C=O) groups excluding carboxylic acids is 1. The number of likely N-dealkylation sites (N-methyl/N-ethyl adjacent to an activating group) is 2. The maximum Gasteiger partial charge on any atom is 0.257 e. The largest absolute Gasteiger partial charge is 0.480 e. The minimum absolute atomic E-state index is 0.0393. The monoisotopic (exact) mass is 355 g/mol. The molecular weight excluding hydrogens is 330 g/mol. The van der Waals surface area contributed by atoms with Gasteiger partial charge in [-0.1, -0.05) is 18.5 Å². The van der Waals surface area contributed by atoms with Crippen molar-refractivity contribution in [2.45, 2.75) is 13.0 Å². The summed E-state index contributed by atoms with van der Waals surface area (Å²) in [5.41, 5.74) is 0.344. The van der Waals surface area contributed by atoms with Gasteiger partial charge in [-0.25, -0.2) is 0 Å². The summed E-state index contributed by atoms with van der Waals surface area (Å²) in [5, 5.41) is 6.35. The summed E-state index contributed by atoms with van der Waals surface area (Å²) in [4.78, 5) is 21.5. The molecule has 1 aliphatic rings. The Balaban J connectivity index is 2.17. The number of anilines is 1. The first-order chi connectivity index (χ1) is 11.5. The molecule has 0 aromatic carbocycles. The van der Waals surface area contributed by atoms with Gasteiger partial charge in [0.2, 0.25) is 5.88 Å². The van der Waals surface area contributed by atoms with E-state index in [1.165, 1.54) is 7.11 Å². The Morgan fingerprint density at radius 1 is 1.46 bits per heavy atom. The fourth-order valence-corrected chi connectivity index (χ4v) is 3.09. The third-order valence-corrected chi connectivity index (χ3v) is 4.49. The first kappa shape index (κ1) is 18.8. The van der Waals surface area contributed by atoms with Crippen molar-refractivity contribution in [2.24, 2.45) is 0 Å². The molecule has 1 amide bonds. The maximum absolute atomic E-state index is 12.7. The Labute approximate surface area is 148 Å². The van der Waals surface area contributed by atoms with Gasteiger partial charge in [0.15, 0.2) is 0 Å². The summed E-state index contributed by atoms with van der Waals surface area (Å²) in [6.45, 7) is 6.73. The van der Waals surface area contributed by atoms with E-state index in [9.17, 15) is 4.79 Å². The molecule has 134 valence electrons. The van der Waals surface area contributed by atoms with E-state index in [0.29, 0.717) is 16.4 Å². The summed E-state index contributed by atoms with van der Waals surface area (Å²) in [6.07, 6.45) is 0. The van der Waals surface area contributed by atoms with Crippen LogP contribution in [0.25, 0.3) is 0 Å². The molecule has 1 aromatic rings. The molecule has 1 saturated heterocycles. The number of carbonyl (C=O) groups is 1. The van der Waals surface area contributed by atoms with Gasteiger partial charge >= 0.3 is 0 Å². The van der Waals surface area contributed by atoms with E-state index in [2.05, 4.69) is 39.4 Å². The predicted octanol–water partition coefficient (Wildman–Crippen LogP) is 1.15. The molecular formula is C16H26ClN5O2. The number of ether oxygens (including phenoxy) is 1. The number of nitrogens with one attached hydrogen (secondary N) is 2. The highest BCUT2D eigenvalue weighted by molar-refractivity contribution is 6.33. The first-order valence-corrected chi connectivity index (χ1v) is 8.50. The lowest BCUT2D eigenvalue weighted by molar-refractivity contribution is 0.0921. The lowest BCUT2D eigenvalue weighted by Gasteiger charge is -2.24. The third-order valence-electron chi connectivity index (χ3n) is 4.21. The summed E-state index contributed by atoms with van der Waals surface area (Å²) < 4.78 is 5.25. The van der Waals surface area contributed by atoms with Crippen LogP contribution in [0.2, 0.25) is 5.02 Å². The van der Waals surface area contributed by atoms with Crippen LogP contribution in [0.3, 0.4) is 0 Å². The highest BCUT2D eigenvalue weighted by atomic mass is 35.5. The van der Waals surface area contributed by atoms with E-state index in [1.54, 1.807) is 13.1 Å². The number of aromatic nitrogens is 1. The Bertz CT molecular complexity index is 584. The summed E-state index contributed by atoms with van der Waals surface area (Å²) >= 11 is 6.16. The van der Waals surface area contributed by atoms with Gasteiger partial charge in [0.05, 0.1) is 18.2 Å². The SMILES string of the molecule is CCN1CCN(C)C[C@H](NC(=O)c2cc(Cl)c(NC)nc2OC)C1. The molecule has 7 nitrogen and oxygen atoms in total. The quantitative estimate of drug-likeness (QED) is 0.825. The van der Waals surface area contributed by atoms with Crippen molar-refractivity contribution in [2.75, 3.05) is 59.2 Å². The van der Waals surface area contributed by atoms with Gasteiger partial charge in [-0.15, -0.1) is 0 Å². The molecule has 2 rings (SSSR count). The summed E-state index contributed by atoms with van der Waals surface area (Å²) in [7, 11) is 5.28. The van der Waals surface area contributed by atoms with Gasteiger partial charge in [0.1, 0.15) is 11.4 Å². The molecule has 0 spiro atoms. The molecule has 24 heavy (non-hydrogen) atoms. The van der Waals surface area contributed by atoms with Crippen LogP contribution < -0.4 is 15.4 Å². The van der Waals surface area contributed by atoms with Crippen LogP contribution in [-0.4, -0.2) is 80.7 Å². The molecule has 1 aromatic heterocycles. The molecule has 1 atom stereocenters. The van der Waals surface area contributed by atoms with Gasteiger partial charge < -0.3 is 25.2 Å². The molecule has 0 bridgehead atoms. The van der Waals surface area contributed by atoms with E-state index in [0.717, 1.165) is 32.7 Å². The van der Waals surface area contributed by atoms with Crippen LogP contribution in [0, 0.1) is 0 Å². The van der Waals surface area contributed by atoms with Crippen molar-refractivity contribution in [1.29, 1.82) is 0 Å². The van der Waals surface area contributed by atoms with Crippen LogP contribution in [0.1, 0.15) is 17.3 Å². The Kier molecular flexibility index (Phi) is 6.65. The van der Waals surface area contributed by atoms with Gasteiger partial charge in [0, 0.05) is 33.2 Å². The number of nitrogens with zero attached hydrogens (tertiary/aromatic N) is 3. The van der Waals surface area contributed by atoms with Gasteiger partial charge in [-0.3, -0.25) is 4.79 Å². The van der Waals surface area contributed by atoms with Crippen molar-refractivity contribution in [1.82, 2.24) is 20.1 Å². The number of hydrogen-bond donors (Lipinski definition) is 2. The van der Waals surface area contributed by atoms with Crippen molar-refractivity contribution in [3.8, 4) is 5.88 Å². The lowest BCUT2D eigenvalue weighted by Crippen LogP contribution is -2.46. The Morgan fingerprint density at radius 3 is 2.83 bits per heavy atom. The standard InChI is InChI=1S/C16H26ClN5O2/c1-5-22-7-6-21(3)9-11(10-22)19-15(23)12-8-13(17)14(18-2)20-16(12)24-4/h8,11H,5-7,9-10H2,1-4H3,(H,18,20)(H,19,23)/t11-/m0/s1. The lowest BCUT2D eigenvalue weighted by atomic mass is 10.2. The Morgan fingerprint density at radius 2 is 2.21 bits per heavy atom. The first-order valence-electron chi connectivity index (χ1n) is 8.12. The normalized spacial score (nSPS) is 19.6. The van der Waals surface area contributed by atoms with E-state index >= 15 is 0 Å². The van der Waals surface area contributed by atoms with Gasteiger partial charge in [-0.2, -0.15) is 4.98 Å². The average molecular weight is 356 g/mol. The van der Waals surface area contributed by atoms with Crippen LogP contribution in [0.5, 0.6) is 5.88 Å². The zero-order valence-corrected chi connectivity index (χ0v) is 15.5. The maximum atomic E-state index is 12.7. The Hall–Kier alpha value is -1.57. The molecule has 0 saturated carbocycles. The third kappa shape index (κ3) is 4.49. The second kappa shape index (κ2) is 8.50. The van der Waals surface area contributed by atoms with Crippen molar-refractivity contribution in [3.63, 3.8) is 0 Å². The minimum Gasteiger partial charge on any atom is -0.480 e. The second-order valence-electron chi connectivity index (χ2n) is 5.95. The number of hydrogen-bond acceptors (Lipinski definition) is 6. The molecule has 0 radical (unpaired) electrons. The number of amides is 1. The fraction of sp³-hybridized carbons (Fsp3) is 0.625. The average Bonchev–Trinajstić information content (AvgIpc) is 2.75. The van der Waals surface area contributed by atoms with Crippen LogP contribution in [0.4, 0.5) is 5.82 Å². The van der Waals surface area contributed by atoms with E-state index in [4.69, 9.17) is 16.3 Å². The highest BCUT2D eigenvalue weighted by Crippen LogP contribution is 2.26. The predicted molar refractivity (Wildman–Crippen MR) is 96.2 cm³/mol. The van der Waals surface area contributed by atoms with Crippen LogP contribution >= 0.6 is 11.6 Å². The number of halogens is 1. The minimum atomic E-state index is -0.222. The smallest absolute Gasteiger partial charge is 0.257 e. The van der Waals surface area contributed by atoms with Crippen LogP contribution in [-0.2, 0) is 0 Å². The zero-order valence-electron chi connectivity index (χ0n) is 14.7. The summed E-state index contributed by atoms with van der Waals surface area (Å²) in [6, 6.07) is 1.63. The molecule has 1 fully saturated rings. The highest BCUT2D eigenvalue weighted by Gasteiger charge is 2.24. The fourth-order valence-electron chi connectivity index (χ4n) is 2.85. The van der Waals surface area contributed by atoms with E-state index in [-0.39, 0.29) is 17.8 Å². The zero-order chi connectivity index (χ0) is 17.7. The molecule has 0 aliphatic carbocycles. The summed E-state index contributed by atoms with van der Waals surface area (Å²) in [5.74, 6) is 0.521. The molecule has 0 unspecified atom stereocenters. The van der Waals surface area contributed by atoms with Crippen molar-refractivity contribution < 1.29 is 9.53 Å². The van der Waals surface area contributed by atoms with E-state index < -0.39 is 0 Å². The van der Waals surface area contributed by atoms with Crippen molar-refractivity contribution >= 4 is 23.3 Å². The molecule has 1 aliphatic heterocycles. The topological polar surface area (TPSA) is 69.7 Å². The van der Waals surface area contributed by atoms with E-state index in [1.807, 2.05) is 0 Å². The molecule has 2 heterocycles.